The van der Waals surface area contributed by atoms with Crippen molar-refractivity contribution in [3.8, 4) is 5.88 Å². The zero-order valence-corrected chi connectivity index (χ0v) is 12.9. The molecule has 0 radical (unpaired) electrons. The van der Waals surface area contributed by atoms with Crippen LogP contribution in [0, 0.1) is 0 Å². The van der Waals surface area contributed by atoms with Gasteiger partial charge in [-0.2, -0.15) is 0 Å². The van der Waals surface area contributed by atoms with Gasteiger partial charge in [0, 0.05) is 19.9 Å². The Morgan fingerprint density at radius 3 is 2.91 bits per heavy atom. The van der Waals surface area contributed by atoms with Gasteiger partial charge >= 0.3 is 0 Å². The molecule has 2 aromatic rings. The number of aromatic nitrogens is 2. The van der Waals surface area contributed by atoms with Gasteiger partial charge in [0.1, 0.15) is 6.10 Å². The number of carbonyl (C=O) groups is 2. The summed E-state index contributed by atoms with van der Waals surface area (Å²) >= 11 is 0. The second-order valence-electron chi connectivity index (χ2n) is 5.47. The highest BCUT2D eigenvalue weighted by molar-refractivity contribution is 5.83. The lowest BCUT2D eigenvalue weighted by Crippen LogP contribution is -2.39. The van der Waals surface area contributed by atoms with E-state index in [1.807, 2.05) is 24.3 Å². The molecular formula is C16H18N4O3. The van der Waals surface area contributed by atoms with E-state index in [9.17, 15) is 9.59 Å². The summed E-state index contributed by atoms with van der Waals surface area (Å²) < 4.78 is 5.83. The number of para-hydroxylation sites is 2. The predicted molar refractivity (Wildman–Crippen MR) is 83.8 cm³/mol. The molecule has 23 heavy (non-hydrogen) atoms. The summed E-state index contributed by atoms with van der Waals surface area (Å²) in [5.74, 6) is 0.151. The molecule has 1 N–H and O–H groups in total. The average molecular weight is 314 g/mol. The molecule has 3 rings (SSSR count). The topological polar surface area (TPSA) is 84.4 Å². The van der Waals surface area contributed by atoms with E-state index in [1.165, 1.54) is 6.92 Å². The molecule has 1 aromatic carbocycles. The predicted octanol–water partition coefficient (Wildman–Crippen LogP) is 0.746. The first kappa shape index (κ1) is 15.2. The van der Waals surface area contributed by atoms with Crippen molar-refractivity contribution in [2.45, 2.75) is 19.4 Å². The van der Waals surface area contributed by atoms with Gasteiger partial charge in [-0.3, -0.25) is 9.59 Å². The summed E-state index contributed by atoms with van der Waals surface area (Å²) in [7, 11) is 0. The number of hydrogen-bond acceptors (Lipinski definition) is 5. The van der Waals surface area contributed by atoms with Crippen molar-refractivity contribution in [2.24, 2.45) is 0 Å². The fourth-order valence-electron chi connectivity index (χ4n) is 2.53. The normalized spacial score (nSPS) is 17.3. The first-order valence-electron chi connectivity index (χ1n) is 7.52. The number of rotatable bonds is 4. The Morgan fingerprint density at radius 2 is 2.13 bits per heavy atom. The summed E-state index contributed by atoms with van der Waals surface area (Å²) in [5.41, 5.74) is 1.60. The second kappa shape index (κ2) is 6.60. The average Bonchev–Trinajstić information content (AvgIpc) is 3.01. The van der Waals surface area contributed by atoms with Crippen LogP contribution in [-0.4, -0.2) is 52.4 Å². The Labute approximate surface area is 133 Å². The molecule has 7 nitrogen and oxygen atoms in total. The van der Waals surface area contributed by atoms with Gasteiger partial charge in [0.25, 0.3) is 0 Å². The highest BCUT2D eigenvalue weighted by atomic mass is 16.5. The molecule has 120 valence electrons. The Hall–Kier alpha value is -2.70. The van der Waals surface area contributed by atoms with Gasteiger partial charge in [0.15, 0.2) is 0 Å². The summed E-state index contributed by atoms with van der Waals surface area (Å²) in [6.45, 7) is 2.52. The van der Waals surface area contributed by atoms with Gasteiger partial charge in [-0.1, -0.05) is 12.1 Å². The SMILES string of the molecule is CC(=O)NCC(=O)N1CCC(Oc2cnc3ccccc3n2)C1. The summed E-state index contributed by atoms with van der Waals surface area (Å²) in [4.78, 5) is 33.2. The number of nitrogens with one attached hydrogen (secondary N) is 1. The maximum absolute atomic E-state index is 12.0. The summed E-state index contributed by atoms with van der Waals surface area (Å²) in [6, 6.07) is 7.59. The highest BCUT2D eigenvalue weighted by Crippen LogP contribution is 2.18. The van der Waals surface area contributed by atoms with Crippen LogP contribution < -0.4 is 10.1 Å². The van der Waals surface area contributed by atoms with E-state index in [2.05, 4.69) is 15.3 Å². The fourth-order valence-corrected chi connectivity index (χ4v) is 2.53. The number of likely N-dealkylation sites (tertiary alicyclic amines) is 1. The minimum Gasteiger partial charge on any atom is -0.471 e. The molecule has 0 aliphatic carbocycles. The van der Waals surface area contributed by atoms with Crippen molar-refractivity contribution < 1.29 is 14.3 Å². The van der Waals surface area contributed by atoms with E-state index in [-0.39, 0.29) is 24.5 Å². The number of fused-ring (bicyclic) bond motifs is 1. The zero-order chi connectivity index (χ0) is 16.2. The lowest BCUT2D eigenvalue weighted by Gasteiger charge is -2.17. The Morgan fingerprint density at radius 1 is 1.35 bits per heavy atom. The fraction of sp³-hybridized carbons (Fsp3) is 0.375. The molecule has 0 spiro atoms. The van der Waals surface area contributed by atoms with Crippen LogP contribution in [0.4, 0.5) is 0 Å². The molecule has 7 heteroatoms. The molecule has 1 aliphatic rings. The van der Waals surface area contributed by atoms with Crippen LogP contribution in [0.15, 0.2) is 30.5 Å². The van der Waals surface area contributed by atoms with Crippen molar-refractivity contribution in [1.29, 1.82) is 0 Å². The number of nitrogens with zero attached hydrogens (tertiary/aromatic N) is 3. The van der Waals surface area contributed by atoms with E-state index in [1.54, 1.807) is 11.1 Å². The first-order chi connectivity index (χ1) is 11.1. The van der Waals surface area contributed by atoms with Crippen molar-refractivity contribution in [1.82, 2.24) is 20.2 Å². The lowest BCUT2D eigenvalue weighted by atomic mass is 10.3. The third-order valence-corrected chi connectivity index (χ3v) is 3.70. The molecule has 0 saturated carbocycles. The van der Waals surface area contributed by atoms with Crippen molar-refractivity contribution in [3.63, 3.8) is 0 Å². The molecule has 1 aromatic heterocycles. The first-order valence-corrected chi connectivity index (χ1v) is 7.52. The molecule has 2 amide bonds. The molecule has 1 atom stereocenters. The van der Waals surface area contributed by atoms with Crippen LogP contribution in [-0.2, 0) is 9.59 Å². The standard InChI is InChI=1S/C16H18N4O3/c1-11(21)17-9-16(22)20-7-6-12(10-20)23-15-8-18-13-4-2-3-5-14(13)19-15/h2-5,8,12H,6-7,9-10H2,1H3,(H,17,21). The number of benzene rings is 1. The molecule has 1 unspecified atom stereocenters. The Balaban J connectivity index is 1.58. The molecular weight excluding hydrogens is 296 g/mol. The van der Waals surface area contributed by atoms with Crippen LogP contribution in [0.3, 0.4) is 0 Å². The number of ether oxygens (including phenoxy) is 1. The van der Waals surface area contributed by atoms with Gasteiger partial charge in [-0.15, -0.1) is 0 Å². The van der Waals surface area contributed by atoms with Crippen molar-refractivity contribution in [3.05, 3.63) is 30.5 Å². The third kappa shape index (κ3) is 3.74. The van der Waals surface area contributed by atoms with Crippen LogP contribution in [0.2, 0.25) is 0 Å². The van der Waals surface area contributed by atoms with E-state index in [0.717, 1.165) is 17.5 Å². The maximum Gasteiger partial charge on any atom is 0.242 e. The molecule has 1 saturated heterocycles. The van der Waals surface area contributed by atoms with Gasteiger partial charge in [-0.25, -0.2) is 9.97 Å². The second-order valence-corrected chi connectivity index (χ2v) is 5.47. The number of carbonyl (C=O) groups excluding carboxylic acids is 2. The smallest absolute Gasteiger partial charge is 0.242 e. The van der Waals surface area contributed by atoms with Gasteiger partial charge in [-0.05, 0) is 12.1 Å². The maximum atomic E-state index is 12.0. The van der Waals surface area contributed by atoms with E-state index in [0.29, 0.717) is 19.0 Å². The number of amides is 2. The van der Waals surface area contributed by atoms with Gasteiger partial charge in [0.05, 0.1) is 30.3 Å². The minimum absolute atomic E-state index is 0.0256. The Bertz CT molecular complexity index is 734. The molecule has 1 fully saturated rings. The highest BCUT2D eigenvalue weighted by Gasteiger charge is 2.27. The van der Waals surface area contributed by atoms with E-state index < -0.39 is 0 Å². The molecule has 0 bridgehead atoms. The molecule has 2 heterocycles. The van der Waals surface area contributed by atoms with Crippen molar-refractivity contribution in [2.75, 3.05) is 19.6 Å². The van der Waals surface area contributed by atoms with Crippen LogP contribution in [0.1, 0.15) is 13.3 Å². The van der Waals surface area contributed by atoms with E-state index >= 15 is 0 Å². The van der Waals surface area contributed by atoms with Crippen molar-refractivity contribution >= 4 is 22.8 Å². The van der Waals surface area contributed by atoms with Crippen LogP contribution in [0.5, 0.6) is 5.88 Å². The zero-order valence-electron chi connectivity index (χ0n) is 12.9. The minimum atomic E-state index is -0.211. The van der Waals surface area contributed by atoms with E-state index in [4.69, 9.17) is 4.74 Å². The largest absolute Gasteiger partial charge is 0.471 e. The molecule has 1 aliphatic heterocycles. The lowest BCUT2D eigenvalue weighted by molar-refractivity contribution is -0.131. The monoisotopic (exact) mass is 314 g/mol. The van der Waals surface area contributed by atoms with Crippen LogP contribution >= 0.6 is 0 Å². The summed E-state index contributed by atoms with van der Waals surface area (Å²) in [6.07, 6.45) is 2.23. The van der Waals surface area contributed by atoms with Gasteiger partial charge in [0.2, 0.25) is 17.7 Å². The number of hydrogen-bond donors (Lipinski definition) is 1. The summed E-state index contributed by atoms with van der Waals surface area (Å²) in [5, 5.41) is 2.51. The Kier molecular flexibility index (Phi) is 4.36. The van der Waals surface area contributed by atoms with Gasteiger partial charge < -0.3 is 15.0 Å². The van der Waals surface area contributed by atoms with Crippen LogP contribution in [0.25, 0.3) is 11.0 Å². The quantitative estimate of drug-likeness (QED) is 0.900. The third-order valence-electron chi connectivity index (χ3n) is 3.70.